The Balaban J connectivity index is 1.24. The first-order valence-electron chi connectivity index (χ1n) is 10.3. The molecule has 1 aliphatic rings. The smallest absolute Gasteiger partial charge is 0.338 e. The van der Waals surface area contributed by atoms with Crippen LogP contribution in [0, 0.1) is 0 Å². The van der Waals surface area contributed by atoms with Crippen LogP contribution < -0.4 is 4.74 Å². The minimum absolute atomic E-state index is 0.0754. The Morgan fingerprint density at radius 3 is 2.22 bits per heavy atom. The number of esters is 1. The molecule has 2 aromatic carbocycles. The van der Waals surface area contributed by atoms with E-state index in [9.17, 15) is 13.2 Å². The summed E-state index contributed by atoms with van der Waals surface area (Å²) < 4.78 is 44.6. The molecule has 32 heavy (non-hydrogen) atoms. The zero-order chi connectivity index (χ0) is 22.4. The average Bonchev–Trinajstić information content (AvgIpc) is 3.38. The lowest BCUT2D eigenvalue weighted by Crippen LogP contribution is -2.40. The van der Waals surface area contributed by atoms with Gasteiger partial charge >= 0.3 is 5.97 Å². The van der Waals surface area contributed by atoms with E-state index >= 15 is 0 Å². The molecule has 0 N–H and O–H groups in total. The lowest BCUT2D eigenvalue weighted by molar-refractivity contribution is 0.0450. The van der Waals surface area contributed by atoms with Crippen molar-refractivity contribution in [3.63, 3.8) is 0 Å². The van der Waals surface area contributed by atoms with Crippen molar-refractivity contribution in [1.29, 1.82) is 0 Å². The third kappa shape index (κ3) is 5.18. The summed E-state index contributed by atoms with van der Waals surface area (Å²) in [5.74, 6) is 0.0673. The van der Waals surface area contributed by atoms with Crippen molar-refractivity contribution in [3.05, 3.63) is 78.6 Å². The van der Waals surface area contributed by atoms with Gasteiger partial charge in [0.1, 0.15) is 19.0 Å². The summed E-state index contributed by atoms with van der Waals surface area (Å²) in [5.41, 5.74) is 1.41. The summed E-state index contributed by atoms with van der Waals surface area (Å²) in [5, 5.41) is 0. The lowest BCUT2D eigenvalue weighted by atomic mass is 10.2. The van der Waals surface area contributed by atoms with Crippen molar-refractivity contribution in [1.82, 2.24) is 8.87 Å². The van der Waals surface area contributed by atoms with Crippen molar-refractivity contribution in [2.75, 3.05) is 39.5 Å². The van der Waals surface area contributed by atoms with Gasteiger partial charge in [0.05, 0.1) is 23.7 Å². The van der Waals surface area contributed by atoms with Gasteiger partial charge in [0.2, 0.25) is 10.0 Å². The molecule has 1 saturated heterocycles. The second-order valence-corrected chi connectivity index (χ2v) is 9.05. The van der Waals surface area contributed by atoms with Crippen LogP contribution in [0.1, 0.15) is 10.4 Å². The summed E-state index contributed by atoms with van der Waals surface area (Å²) in [6, 6.07) is 17.2. The molecule has 0 radical (unpaired) electrons. The van der Waals surface area contributed by atoms with Crippen LogP contribution in [0.15, 0.2) is 78.0 Å². The Labute approximate surface area is 187 Å². The maximum atomic E-state index is 12.6. The highest BCUT2D eigenvalue weighted by molar-refractivity contribution is 7.89. The van der Waals surface area contributed by atoms with Gasteiger partial charge in [-0.1, -0.05) is 0 Å². The highest BCUT2D eigenvalue weighted by Gasteiger charge is 2.26. The first kappa shape index (κ1) is 22.1. The van der Waals surface area contributed by atoms with E-state index in [1.54, 1.807) is 24.3 Å². The maximum Gasteiger partial charge on any atom is 0.338 e. The SMILES string of the molecule is O=C(OCCOc1ccc(S(=O)(=O)N2CCOCC2)cc1)c1ccc(-n2cccc2)cc1. The quantitative estimate of drug-likeness (QED) is 0.383. The molecule has 1 fully saturated rings. The molecule has 0 unspecified atom stereocenters. The number of carbonyl (C=O) groups excluding carboxylic acids is 1. The van der Waals surface area contributed by atoms with E-state index in [0.717, 1.165) is 5.69 Å². The van der Waals surface area contributed by atoms with E-state index in [0.29, 0.717) is 37.6 Å². The van der Waals surface area contributed by atoms with Crippen LogP contribution in [-0.4, -0.2) is 62.8 Å². The van der Waals surface area contributed by atoms with Gasteiger partial charge in [-0.05, 0) is 60.7 Å². The topological polar surface area (TPSA) is 87.1 Å². The zero-order valence-corrected chi connectivity index (χ0v) is 18.2. The van der Waals surface area contributed by atoms with Gasteiger partial charge in [-0.25, -0.2) is 13.2 Å². The molecule has 0 bridgehead atoms. The number of nitrogens with zero attached hydrogens (tertiary/aromatic N) is 2. The van der Waals surface area contributed by atoms with Gasteiger partial charge in [-0.15, -0.1) is 0 Å². The molecule has 1 aromatic heterocycles. The predicted octanol–water partition coefficient (Wildman–Crippen LogP) is 2.73. The van der Waals surface area contributed by atoms with Crippen molar-refractivity contribution in [3.8, 4) is 11.4 Å². The molecule has 9 heteroatoms. The fourth-order valence-corrected chi connectivity index (χ4v) is 4.71. The van der Waals surface area contributed by atoms with Gasteiger partial charge in [0.15, 0.2) is 0 Å². The number of sulfonamides is 1. The Morgan fingerprint density at radius 1 is 0.906 bits per heavy atom. The third-order valence-corrected chi connectivity index (χ3v) is 6.94. The van der Waals surface area contributed by atoms with Gasteiger partial charge in [-0.2, -0.15) is 4.31 Å². The van der Waals surface area contributed by atoms with E-state index in [2.05, 4.69) is 0 Å². The van der Waals surface area contributed by atoms with Gasteiger partial charge in [0, 0.05) is 31.2 Å². The van der Waals surface area contributed by atoms with Crippen molar-refractivity contribution < 1.29 is 27.4 Å². The molecule has 0 aliphatic carbocycles. The number of morpholine rings is 1. The number of benzene rings is 2. The highest BCUT2D eigenvalue weighted by Crippen LogP contribution is 2.20. The second kappa shape index (κ2) is 9.99. The van der Waals surface area contributed by atoms with E-state index in [1.807, 2.05) is 41.2 Å². The number of carbonyl (C=O) groups is 1. The van der Waals surface area contributed by atoms with E-state index < -0.39 is 16.0 Å². The molecule has 0 atom stereocenters. The minimum atomic E-state index is -3.54. The molecule has 8 nitrogen and oxygen atoms in total. The molecule has 0 saturated carbocycles. The molecule has 3 aromatic rings. The maximum absolute atomic E-state index is 12.6. The summed E-state index contributed by atoms with van der Waals surface area (Å²) >= 11 is 0. The lowest BCUT2D eigenvalue weighted by Gasteiger charge is -2.26. The Morgan fingerprint density at radius 2 is 1.56 bits per heavy atom. The zero-order valence-electron chi connectivity index (χ0n) is 17.4. The fourth-order valence-electron chi connectivity index (χ4n) is 3.30. The number of hydrogen-bond donors (Lipinski definition) is 0. The first-order chi connectivity index (χ1) is 15.5. The molecular formula is C23H24N2O6S. The molecule has 4 rings (SSSR count). The molecular weight excluding hydrogens is 432 g/mol. The summed E-state index contributed by atoms with van der Waals surface area (Å²) in [7, 11) is -3.54. The molecule has 0 amide bonds. The van der Waals surface area contributed by atoms with E-state index in [-0.39, 0.29) is 18.1 Å². The molecule has 2 heterocycles. The largest absolute Gasteiger partial charge is 0.490 e. The molecule has 0 spiro atoms. The van der Waals surface area contributed by atoms with E-state index in [1.165, 1.54) is 16.4 Å². The van der Waals surface area contributed by atoms with E-state index in [4.69, 9.17) is 14.2 Å². The number of ether oxygens (including phenoxy) is 3. The minimum Gasteiger partial charge on any atom is -0.490 e. The standard InChI is InChI=1S/C23H24N2O6S/c26-23(19-3-5-20(6-4-19)24-11-1-2-12-24)31-18-17-30-21-7-9-22(10-8-21)32(27,28)25-13-15-29-16-14-25/h1-12H,13-18H2. The summed E-state index contributed by atoms with van der Waals surface area (Å²) in [4.78, 5) is 12.4. The van der Waals surface area contributed by atoms with Crippen LogP contribution in [0.4, 0.5) is 0 Å². The Bertz CT molecular complexity index is 1120. The second-order valence-electron chi connectivity index (χ2n) is 7.11. The van der Waals surface area contributed by atoms with Crippen LogP contribution in [0.2, 0.25) is 0 Å². The van der Waals surface area contributed by atoms with Gasteiger partial charge in [-0.3, -0.25) is 0 Å². The fraction of sp³-hybridized carbons (Fsp3) is 0.261. The Hall–Kier alpha value is -3.14. The highest BCUT2D eigenvalue weighted by atomic mass is 32.2. The monoisotopic (exact) mass is 456 g/mol. The summed E-state index contributed by atoms with van der Waals surface area (Å²) in [6.45, 7) is 1.73. The van der Waals surface area contributed by atoms with Crippen LogP contribution in [0.25, 0.3) is 5.69 Å². The van der Waals surface area contributed by atoms with Crippen LogP contribution in [0.3, 0.4) is 0 Å². The van der Waals surface area contributed by atoms with Crippen LogP contribution in [0.5, 0.6) is 5.75 Å². The Kier molecular flexibility index (Phi) is 6.89. The van der Waals surface area contributed by atoms with Crippen molar-refractivity contribution in [2.24, 2.45) is 0 Å². The molecule has 1 aliphatic heterocycles. The first-order valence-corrected chi connectivity index (χ1v) is 11.7. The number of aromatic nitrogens is 1. The number of hydrogen-bond acceptors (Lipinski definition) is 6. The third-order valence-electron chi connectivity index (χ3n) is 5.02. The average molecular weight is 457 g/mol. The van der Waals surface area contributed by atoms with Crippen molar-refractivity contribution >= 4 is 16.0 Å². The predicted molar refractivity (Wildman–Crippen MR) is 118 cm³/mol. The van der Waals surface area contributed by atoms with Crippen LogP contribution in [-0.2, 0) is 19.5 Å². The normalized spacial score (nSPS) is 14.8. The number of rotatable bonds is 8. The summed E-state index contributed by atoms with van der Waals surface area (Å²) in [6.07, 6.45) is 3.85. The van der Waals surface area contributed by atoms with Gasteiger partial charge in [0.25, 0.3) is 0 Å². The van der Waals surface area contributed by atoms with Crippen LogP contribution >= 0.6 is 0 Å². The molecule has 168 valence electrons. The van der Waals surface area contributed by atoms with Crippen molar-refractivity contribution in [2.45, 2.75) is 4.90 Å². The van der Waals surface area contributed by atoms with Gasteiger partial charge < -0.3 is 18.8 Å².